The van der Waals surface area contributed by atoms with Crippen molar-refractivity contribution in [3.8, 4) is 0 Å². The molecule has 2 nitrogen and oxygen atoms in total. The minimum Gasteiger partial charge on any atom is -0.478 e. The molecule has 108 valence electrons. The summed E-state index contributed by atoms with van der Waals surface area (Å²) >= 11 is 3.20. The number of carbonyl (C=O) groups is 1. The first-order valence-corrected chi connectivity index (χ1v) is 8.40. The Balaban J connectivity index is 1.67. The summed E-state index contributed by atoms with van der Waals surface area (Å²) in [5.41, 5.74) is 1.47. The Morgan fingerprint density at radius 2 is 2.14 bits per heavy atom. The van der Waals surface area contributed by atoms with Crippen molar-refractivity contribution >= 4 is 29.5 Å². The third kappa shape index (κ3) is 3.24. The van der Waals surface area contributed by atoms with Crippen molar-refractivity contribution in [3.63, 3.8) is 0 Å². The average Bonchev–Trinajstić information content (AvgIpc) is 2.89. The smallest absolute Gasteiger partial charge is 0.335 e. The highest BCUT2D eigenvalue weighted by molar-refractivity contribution is 8.03. The van der Waals surface area contributed by atoms with Crippen molar-refractivity contribution in [1.29, 1.82) is 0 Å². The molecule has 3 rings (SSSR count). The number of aromatic carboxylic acids is 1. The Morgan fingerprint density at radius 1 is 1.33 bits per heavy atom. The van der Waals surface area contributed by atoms with Crippen LogP contribution in [0.25, 0.3) is 0 Å². The van der Waals surface area contributed by atoms with Crippen LogP contribution in [0.4, 0.5) is 4.39 Å². The Labute approximate surface area is 130 Å². The summed E-state index contributed by atoms with van der Waals surface area (Å²) in [5, 5.41) is 9.37. The van der Waals surface area contributed by atoms with Gasteiger partial charge in [0.2, 0.25) is 0 Å². The zero-order valence-electron chi connectivity index (χ0n) is 11.1. The second-order valence-electron chi connectivity index (χ2n) is 4.81. The molecule has 1 atom stereocenters. The van der Waals surface area contributed by atoms with E-state index in [0.717, 1.165) is 12.2 Å². The minimum absolute atomic E-state index is 0.126. The predicted molar refractivity (Wildman–Crippen MR) is 83.9 cm³/mol. The lowest BCUT2D eigenvalue weighted by Crippen LogP contribution is -2.05. The largest absolute Gasteiger partial charge is 0.478 e. The lowest BCUT2D eigenvalue weighted by molar-refractivity contribution is 0.0696. The number of carboxylic acids is 1. The van der Waals surface area contributed by atoms with Crippen molar-refractivity contribution in [2.45, 2.75) is 21.5 Å². The fraction of sp³-hybridized carbons (Fsp3) is 0.188. The van der Waals surface area contributed by atoms with Gasteiger partial charge >= 0.3 is 5.97 Å². The first-order chi connectivity index (χ1) is 10.1. The number of rotatable bonds is 4. The zero-order valence-corrected chi connectivity index (χ0v) is 12.7. The summed E-state index contributed by atoms with van der Waals surface area (Å²) in [4.78, 5) is 12.6. The molecule has 5 heteroatoms. The van der Waals surface area contributed by atoms with E-state index >= 15 is 0 Å². The quantitative estimate of drug-likeness (QED) is 0.851. The maximum atomic E-state index is 13.7. The molecule has 0 aliphatic carbocycles. The van der Waals surface area contributed by atoms with Gasteiger partial charge in [-0.2, -0.15) is 0 Å². The number of benzene rings is 2. The summed E-state index contributed by atoms with van der Waals surface area (Å²) < 4.78 is 13.7. The van der Waals surface area contributed by atoms with E-state index in [9.17, 15) is 9.18 Å². The van der Waals surface area contributed by atoms with Crippen LogP contribution in [0.5, 0.6) is 0 Å². The molecular weight excluding hydrogens is 307 g/mol. The molecule has 0 bridgehead atoms. The van der Waals surface area contributed by atoms with E-state index in [0.29, 0.717) is 10.1 Å². The molecular formula is C16H13FO2S2. The summed E-state index contributed by atoms with van der Waals surface area (Å²) in [6.07, 6.45) is 0.980. The molecule has 2 aromatic rings. The van der Waals surface area contributed by atoms with Crippen LogP contribution in [0, 0.1) is 5.82 Å². The zero-order chi connectivity index (χ0) is 14.8. The minimum atomic E-state index is -1.03. The van der Waals surface area contributed by atoms with Crippen molar-refractivity contribution in [1.82, 2.24) is 0 Å². The van der Waals surface area contributed by atoms with E-state index in [2.05, 4.69) is 12.1 Å². The van der Waals surface area contributed by atoms with Crippen LogP contribution >= 0.6 is 23.5 Å². The van der Waals surface area contributed by atoms with Gasteiger partial charge in [-0.3, -0.25) is 0 Å². The van der Waals surface area contributed by atoms with E-state index in [1.165, 1.54) is 40.4 Å². The fourth-order valence-corrected chi connectivity index (χ4v) is 4.73. The Morgan fingerprint density at radius 3 is 2.90 bits per heavy atom. The Kier molecular flexibility index (Phi) is 4.22. The van der Waals surface area contributed by atoms with Crippen LogP contribution < -0.4 is 0 Å². The van der Waals surface area contributed by atoms with E-state index in [1.807, 2.05) is 23.9 Å². The molecule has 0 amide bonds. The van der Waals surface area contributed by atoms with Crippen molar-refractivity contribution in [3.05, 3.63) is 59.4 Å². The molecule has 1 heterocycles. The third-order valence-electron chi connectivity index (χ3n) is 3.32. The molecule has 2 aromatic carbocycles. The van der Waals surface area contributed by atoms with E-state index < -0.39 is 5.97 Å². The summed E-state index contributed by atoms with van der Waals surface area (Å²) in [7, 11) is 0. The van der Waals surface area contributed by atoms with Gasteiger partial charge in [0.15, 0.2) is 0 Å². The number of thioether (sulfide) groups is 2. The van der Waals surface area contributed by atoms with Gasteiger partial charge in [-0.05, 0) is 36.2 Å². The maximum absolute atomic E-state index is 13.7. The van der Waals surface area contributed by atoms with Crippen molar-refractivity contribution in [2.24, 2.45) is 0 Å². The van der Waals surface area contributed by atoms with Crippen LogP contribution in [-0.2, 0) is 6.42 Å². The number of carboxylic acid groups (broad SMARTS) is 1. The average molecular weight is 320 g/mol. The van der Waals surface area contributed by atoms with Gasteiger partial charge in [0.1, 0.15) is 5.82 Å². The predicted octanol–water partition coefficient (Wildman–Crippen LogP) is 4.33. The van der Waals surface area contributed by atoms with Gasteiger partial charge in [-0.15, -0.1) is 23.5 Å². The van der Waals surface area contributed by atoms with Gasteiger partial charge in [-0.25, -0.2) is 9.18 Å². The highest BCUT2D eigenvalue weighted by atomic mass is 32.2. The molecule has 0 spiro atoms. The number of fused-ring (bicyclic) bond motifs is 1. The molecule has 1 unspecified atom stereocenters. The van der Waals surface area contributed by atoms with Gasteiger partial charge in [0.05, 0.1) is 5.56 Å². The van der Waals surface area contributed by atoms with Crippen molar-refractivity contribution < 1.29 is 14.3 Å². The van der Waals surface area contributed by atoms with Gasteiger partial charge in [0, 0.05) is 20.8 Å². The lowest BCUT2D eigenvalue weighted by atomic mass is 10.1. The lowest BCUT2D eigenvalue weighted by Gasteiger charge is -2.09. The number of halogens is 1. The van der Waals surface area contributed by atoms with Crippen LogP contribution in [0.15, 0.2) is 52.3 Å². The molecule has 0 radical (unpaired) electrons. The van der Waals surface area contributed by atoms with Gasteiger partial charge in [-0.1, -0.05) is 18.2 Å². The summed E-state index contributed by atoms with van der Waals surface area (Å²) in [5.74, 6) is -0.621. The number of hydrogen-bond donors (Lipinski definition) is 1. The van der Waals surface area contributed by atoms with E-state index in [1.54, 1.807) is 0 Å². The molecule has 1 aliphatic rings. The SMILES string of the molecule is O=C(O)c1ccc(F)c(SCC2Cc3ccccc3S2)c1. The first kappa shape index (κ1) is 14.5. The van der Waals surface area contributed by atoms with Crippen LogP contribution in [0.3, 0.4) is 0 Å². The molecule has 0 aromatic heterocycles. The molecule has 21 heavy (non-hydrogen) atoms. The highest BCUT2D eigenvalue weighted by Crippen LogP contribution is 2.39. The standard InChI is InChI=1S/C16H13FO2S2/c17-13-6-5-11(16(18)19)8-15(13)20-9-12-7-10-3-1-2-4-14(10)21-12/h1-6,8,12H,7,9H2,(H,18,19). The molecule has 0 fully saturated rings. The van der Waals surface area contributed by atoms with Crippen LogP contribution in [0.2, 0.25) is 0 Å². The molecule has 0 saturated carbocycles. The monoisotopic (exact) mass is 320 g/mol. The normalized spacial score (nSPS) is 16.7. The first-order valence-electron chi connectivity index (χ1n) is 6.53. The van der Waals surface area contributed by atoms with E-state index in [-0.39, 0.29) is 11.4 Å². The van der Waals surface area contributed by atoms with E-state index in [4.69, 9.17) is 5.11 Å². The summed E-state index contributed by atoms with van der Waals surface area (Å²) in [6.45, 7) is 0. The summed E-state index contributed by atoms with van der Waals surface area (Å²) in [6, 6.07) is 12.2. The van der Waals surface area contributed by atoms with Gasteiger partial charge in [0.25, 0.3) is 0 Å². The highest BCUT2D eigenvalue weighted by Gasteiger charge is 2.22. The second-order valence-corrected chi connectivity index (χ2v) is 7.22. The molecule has 0 saturated heterocycles. The van der Waals surface area contributed by atoms with Crippen molar-refractivity contribution in [2.75, 3.05) is 5.75 Å². The fourth-order valence-electron chi connectivity index (χ4n) is 2.28. The third-order valence-corrected chi connectivity index (χ3v) is 6.04. The van der Waals surface area contributed by atoms with Crippen LogP contribution in [0.1, 0.15) is 15.9 Å². The van der Waals surface area contributed by atoms with Gasteiger partial charge < -0.3 is 5.11 Å². The van der Waals surface area contributed by atoms with Crippen LogP contribution in [-0.4, -0.2) is 22.1 Å². The topological polar surface area (TPSA) is 37.3 Å². The number of hydrogen-bond acceptors (Lipinski definition) is 3. The second kappa shape index (κ2) is 6.12. The molecule has 1 aliphatic heterocycles. The maximum Gasteiger partial charge on any atom is 0.335 e. The Bertz CT molecular complexity index is 663. The molecule has 1 N–H and O–H groups in total. The Hall–Kier alpha value is -1.46.